The first-order chi connectivity index (χ1) is 8.16. The summed E-state index contributed by atoms with van der Waals surface area (Å²) >= 11 is 0. The molecule has 1 atom stereocenters. The SMILES string of the molecule is C=CC(O)CCCCCCCCCOC(C)=O. The molecule has 0 aromatic rings. The van der Waals surface area contributed by atoms with Gasteiger partial charge in [-0.1, -0.05) is 44.6 Å². The van der Waals surface area contributed by atoms with Gasteiger partial charge < -0.3 is 9.84 Å². The van der Waals surface area contributed by atoms with E-state index in [1.54, 1.807) is 6.08 Å². The zero-order valence-electron chi connectivity index (χ0n) is 11.0. The number of ether oxygens (including phenoxy) is 1. The van der Waals surface area contributed by atoms with Gasteiger partial charge in [-0.3, -0.25) is 4.79 Å². The molecule has 0 saturated carbocycles. The molecule has 0 amide bonds. The lowest BCUT2D eigenvalue weighted by molar-refractivity contribution is -0.141. The van der Waals surface area contributed by atoms with Crippen molar-refractivity contribution >= 4 is 5.97 Å². The Balaban J connectivity index is 3.03. The third-order valence-electron chi connectivity index (χ3n) is 2.72. The fourth-order valence-corrected chi connectivity index (χ4v) is 1.67. The van der Waals surface area contributed by atoms with E-state index in [0.717, 1.165) is 25.7 Å². The Labute approximate surface area is 105 Å². The van der Waals surface area contributed by atoms with Crippen LogP contribution in [0.4, 0.5) is 0 Å². The van der Waals surface area contributed by atoms with Crippen LogP contribution in [-0.4, -0.2) is 23.8 Å². The van der Waals surface area contributed by atoms with Crippen LogP contribution in [0, 0.1) is 0 Å². The zero-order valence-corrected chi connectivity index (χ0v) is 11.0. The normalized spacial score (nSPS) is 12.1. The van der Waals surface area contributed by atoms with Gasteiger partial charge in [0.1, 0.15) is 0 Å². The van der Waals surface area contributed by atoms with Crippen LogP contribution < -0.4 is 0 Å². The molecule has 3 nitrogen and oxygen atoms in total. The molecule has 0 aliphatic rings. The number of hydrogen-bond donors (Lipinski definition) is 1. The highest BCUT2D eigenvalue weighted by molar-refractivity contribution is 5.65. The molecule has 0 saturated heterocycles. The fourth-order valence-electron chi connectivity index (χ4n) is 1.67. The summed E-state index contributed by atoms with van der Waals surface area (Å²) in [6.07, 6.45) is 10.1. The number of carbonyl (C=O) groups excluding carboxylic acids is 1. The van der Waals surface area contributed by atoms with E-state index in [0.29, 0.717) is 6.61 Å². The van der Waals surface area contributed by atoms with Crippen LogP contribution in [0.25, 0.3) is 0 Å². The van der Waals surface area contributed by atoms with Crippen LogP contribution >= 0.6 is 0 Å². The molecule has 0 aliphatic heterocycles. The van der Waals surface area contributed by atoms with E-state index in [1.165, 1.54) is 32.6 Å². The minimum Gasteiger partial charge on any atom is -0.466 e. The van der Waals surface area contributed by atoms with Crippen LogP contribution in [0.2, 0.25) is 0 Å². The molecule has 1 N–H and O–H groups in total. The van der Waals surface area contributed by atoms with Gasteiger partial charge in [-0.25, -0.2) is 0 Å². The summed E-state index contributed by atoms with van der Waals surface area (Å²) in [6.45, 7) is 5.54. The van der Waals surface area contributed by atoms with Crippen LogP contribution in [0.3, 0.4) is 0 Å². The predicted octanol–water partition coefficient (Wildman–Crippen LogP) is 3.22. The van der Waals surface area contributed by atoms with Crippen molar-refractivity contribution in [2.45, 2.75) is 64.4 Å². The van der Waals surface area contributed by atoms with Crippen molar-refractivity contribution in [1.82, 2.24) is 0 Å². The topological polar surface area (TPSA) is 46.5 Å². The fraction of sp³-hybridized carbons (Fsp3) is 0.786. The number of esters is 1. The van der Waals surface area contributed by atoms with Crippen LogP contribution in [0.1, 0.15) is 58.3 Å². The second-order valence-corrected chi connectivity index (χ2v) is 4.41. The summed E-state index contributed by atoms with van der Waals surface area (Å²) in [4.78, 5) is 10.5. The smallest absolute Gasteiger partial charge is 0.302 e. The summed E-state index contributed by atoms with van der Waals surface area (Å²) in [5, 5.41) is 9.24. The van der Waals surface area contributed by atoms with E-state index < -0.39 is 0 Å². The Bertz CT molecular complexity index is 202. The summed E-state index contributed by atoms with van der Waals surface area (Å²) < 4.78 is 4.85. The van der Waals surface area contributed by atoms with Crippen molar-refractivity contribution in [3.8, 4) is 0 Å². The van der Waals surface area contributed by atoms with Crippen LogP contribution in [0.5, 0.6) is 0 Å². The van der Waals surface area contributed by atoms with Crippen molar-refractivity contribution in [2.75, 3.05) is 6.61 Å². The van der Waals surface area contributed by atoms with Gasteiger partial charge in [-0.15, -0.1) is 6.58 Å². The quantitative estimate of drug-likeness (QED) is 0.344. The third-order valence-corrected chi connectivity index (χ3v) is 2.72. The number of hydrogen-bond acceptors (Lipinski definition) is 3. The van der Waals surface area contributed by atoms with Gasteiger partial charge in [-0.05, 0) is 12.8 Å². The molecule has 0 bridgehead atoms. The van der Waals surface area contributed by atoms with Gasteiger partial charge in [0, 0.05) is 6.92 Å². The Morgan fingerprint density at radius 1 is 1.18 bits per heavy atom. The molecule has 0 heterocycles. The molecule has 17 heavy (non-hydrogen) atoms. The Kier molecular flexibility index (Phi) is 11.1. The number of unbranched alkanes of at least 4 members (excludes halogenated alkanes) is 6. The van der Waals surface area contributed by atoms with E-state index >= 15 is 0 Å². The van der Waals surface area contributed by atoms with Gasteiger partial charge in [-0.2, -0.15) is 0 Å². The lowest BCUT2D eigenvalue weighted by Gasteiger charge is -2.05. The molecule has 1 unspecified atom stereocenters. The molecular formula is C14H26O3. The highest BCUT2D eigenvalue weighted by atomic mass is 16.5. The average molecular weight is 242 g/mol. The highest BCUT2D eigenvalue weighted by Gasteiger charge is 1.98. The number of carbonyl (C=O) groups is 1. The molecular weight excluding hydrogens is 216 g/mol. The van der Waals surface area contributed by atoms with Gasteiger partial charge >= 0.3 is 5.97 Å². The van der Waals surface area contributed by atoms with Gasteiger partial charge in [0.05, 0.1) is 12.7 Å². The van der Waals surface area contributed by atoms with Crippen molar-refractivity contribution < 1.29 is 14.6 Å². The standard InChI is InChI=1S/C14H26O3/c1-3-14(16)11-9-7-5-4-6-8-10-12-17-13(2)15/h3,14,16H,1,4-12H2,2H3. The maximum atomic E-state index is 10.5. The molecule has 0 aromatic heterocycles. The lowest BCUT2D eigenvalue weighted by Crippen LogP contribution is -2.00. The Morgan fingerprint density at radius 3 is 2.24 bits per heavy atom. The summed E-state index contributed by atoms with van der Waals surface area (Å²) in [5.74, 6) is -0.189. The van der Waals surface area contributed by atoms with Gasteiger partial charge in [0.25, 0.3) is 0 Å². The maximum Gasteiger partial charge on any atom is 0.302 e. The van der Waals surface area contributed by atoms with E-state index in [-0.39, 0.29) is 12.1 Å². The molecule has 0 fully saturated rings. The van der Waals surface area contributed by atoms with Crippen LogP contribution in [0.15, 0.2) is 12.7 Å². The largest absolute Gasteiger partial charge is 0.466 e. The Morgan fingerprint density at radius 2 is 1.71 bits per heavy atom. The molecule has 0 rings (SSSR count). The van der Waals surface area contributed by atoms with Crippen molar-refractivity contribution in [3.63, 3.8) is 0 Å². The molecule has 3 heteroatoms. The second-order valence-electron chi connectivity index (χ2n) is 4.41. The first-order valence-corrected chi connectivity index (χ1v) is 6.60. The lowest BCUT2D eigenvalue weighted by atomic mass is 10.1. The maximum absolute atomic E-state index is 10.5. The average Bonchev–Trinajstić information content (AvgIpc) is 2.30. The van der Waals surface area contributed by atoms with Crippen molar-refractivity contribution in [2.24, 2.45) is 0 Å². The van der Waals surface area contributed by atoms with E-state index in [1.807, 2.05) is 0 Å². The number of aliphatic hydroxyl groups is 1. The van der Waals surface area contributed by atoms with E-state index in [9.17, 15) is 9.90 Å². The van der Waals surface area contributed by atoms with Crippen molar-refractivity contribution in [3.05, 3.63) is 12.7 Å². The molecule has 0 spiro atoms. The van der Waals surface area contributed by atoms with Gasteiger partial charge in [0.15, 0.2) is 0 Å². The van der Waals surface area contributed by atoms with Crippen LogP contribution in [-0.2, 0) is 9.53 Å². The first-order valence-electron chi connectivity index (χ1n) is 6.60. The highest BCUT2D eigenvalue weighted by Crippen LogP contribution is 2.10. The third kappa shape index (κ3) is 13.1. The summed E-state index contributed by atoms with van der Waals surface area (Å²) in [7, 11) is 0. The second kappa shape index (κ2) is 11.6. The van der Waals surface area contributed by atoms with E-state index in [2.05, 4.69) is 6.58 Å². The minimum atomic E-state index is -0.335. The van der Waals surface area contributed by atoms with E-state index in [4.69, 9.17) is 4.74 Å². The zero-order chi connectivity index (χ0) is 12.9. The predicted molar refractivity (Wildman–Crippen MR) is 69.8 cm³/mol. The molecule has 0 radical (unpaired) electrons. The minimum absolute atomic E-state index is 0.189. The summed E-state index contributed by atoms with van der Waals surface area (Å²) in [5.41, 5.74) is 0. The van der Waals surface area contributed by atoms with Gasteiger partial charge in [0.2, 0.25) is 0 Å². The summed E-state index contributed by atoms with van der Waals surface area (Å²) in [6, 6.07) is 0. The number of rotatable bonds is 11. The number of aliphatic hydroxyl groups excluding tert-OH is 1. The van der Waals surface area contributed by atoms with Crippen molar-refractivity contribution in [1.29, 1.82) is 0 Å². The molecule has 0 aromatic carbocycles. The monoisotopic (exact) mass is 242 g/mol. The molecule has 100 valence electrons. The molecule has 0 aliphatic carbocycles. The first kappa shape index (κ1) is 16.2. The Hall–Kier alpha value is -0.830.